The van der Waals surface area contributed by atoms with E-state index in [4.69, 9.17) is 4.42 Å². The second kappa shape index (κ2) is 8.99. The number of hydrogen-bond acceptors (Lipinski definition) is 6. The zero-order valence-corrected chi connectivity index (χ0v) is 18.1. The largest absolute Gasteiger partial charge is 0.421 e. The van der Waals surface area contributed by atoms with Gasteiger partial charge in [0.25, 0.3) is 0 Å². The summed E-state index contributed by atoms with van der Waals surface area (Å²) >= 11 is 0. The Labute approximate surface area is 181 Å². The van der Waals surface area contributed by atoms with Crippen LogP contribution in [0.4, 0.5) is 5.69 Å². The van der Waals surface area contributed by atoms with E-state index in [0.29, 0.717) is 30.6 Å². The fraction of sp³-hybridized carbons (Fsp3) is 0.318. The molecule has 2 heterocycles. The predicted octanol–water partition coefficient (Wildman–Crippen LogP) is 3.40. The van der Waals surface area contributed by atoms with E-state index in [1.54, 1.807) is 18.2 Å². The molecule has 1 aliphatic heterocycles. The van der Waals surface area contributed by atoms with Gasteiger partial charge in [-0.15, -0.1) is 10.2 Å². The monoisotopic (exact) mass is 440 g/mol. The van der Waals surface area contributed by atoms with Gasteiger partial charge in [-0.25, -0.2) is 8.42 Å². The summed E-state index contributed by atoms with van der Waals surface area (Å²) in [4.78, 5) is 12.5. The Kier molecular flexibility index (Phi) is 6.15. The summed E-state index contributed by atoms with van der Waals surface area (Å²) in [5.41, 5.74) is 2.40. The van der Waals surface area contributed by atoms with E-state index in [1.807, 2.05) is 31.2 Å². The first-order valence-corrected chi connectivity index (χ1v) is 11.7. The van der Waals surface area contributed by atoms with Gasteiger partial charge in [0.2, 0.25) is 27.7 Å². The zero-order valence-electron chi connectivity index (χ0n) is 17.2. The molecule has 162 valence electrons. The second-order valence-electron chi connectivity index (χ2n) is 7.55. The second-order valence-corrected chi connectivity index (χ2v) is 9.49. The van der Waals surface area contributed by atoms with Crippen molar-refractivity contribution in [2.45, 2.75) is 37.5 Å². The molecular formula is C22H24N4O4S. The molecule has 1 aliphatic rings. The van der Waals surface area contributed by atoms with Crippen molar-refractivity contribution in [3.63, 3.8) is 0 Å². The molecule has 1 saturated heterocycles. The Morgan fingerprint density at radius 3 is 2.58 bits per heavy atom. The van der Waals surface area contributed by atoms with Crippen LogP contribution >= 0.6 is 0 Å². The van der Waals surface area contributed by atoms with Crippen LogP contribution in [0.15, 0.2) is 57.8 Å². The fourth-order valence-corrected chi connectivity index (χ4v) is 4.99. The van der Waals surface area contributed by atoms with Crippen LogP contribution in [0.5, 0.6) is 0 Å². The molecule has 31 heavy (non-hydrogen) atoms. The third-order valence-electron chi connectivity index (χ3n) is 5.15. The molecule has 0 atom stereocenters. The topological polar surface area (TPSA) is 105 Å². The van der Waals surface area contributed by atoms with Crippen LogP contribution in [0.1, 0.15) is 30.7 Å². The minimum absolute atomic E-state index is 0.138. The molecule has 2 aromatic carbocycles. The molecule has 3 aromatic rings. The molecule has 0 bridgehead atoms. The number of aromatic nitrogens is 2. The summed E-state index contributed by atoms with van der Waals surface area (Å²) < 4.78 is 32.5. The van der Waals surface area contributed by atoms with Gasteiger partial charge < -0.3 is 9.73 Å². The molecule has 0 saturated carbocycles. The van der Waals surface area contributed by atoms with E-state index in [-0.39, 0.29) is 23.6 Å². The quantitative estimate of drug-likeness (QED) is 0.604. The van der Waals surface area contributed by atoms with Crippen molar-refractivity contribution in [3.8, 4) is 11.5 Å². The molecule has 8 nitrogen and oxygen atoms in total. The molecule has 0 aliphatic carbocycles. The van der Waals surface area contributed by atoms with Gasteiger partial charge in [0.05, 0.1) is 4.90 Å². The number of anilines is 1. The average molecular weight is 441 g/mol. The maximum absolute atomic E-state index is 12.7. The number of sulfonamides is 1. The smallest absolute Gasteiger partial charge is 0.247 e. The van der Waals surface area contributed by atoms with Crippen molar-refractivity contribution in [3.05, 3.63) is 60.0 Å². The minimum atomic E-state index is -3.53. The van der Waals surface area contributed by atoms with Crippen molar-refractivity contribution in [2.24, 2.45) is 0 Å². The van der Waals surface area contributed by atoms with E-state index in [2.05, 4.69) is 15.5 Å². The van der Waals surface area contributed by atoms with Crippen LogP contribution in [-0.4, -0.2) is 41.9 Å². The van der Waals surface area contributed by atoms with Crippen LogP contribution in [0.25, 0.3) is 11.5 Å². The standard InChI is InChI=1S/C22H24N4O4S/c1-16-7-9-17(10-8-16)22-25-24-21(30-22)12-11-20(27)23-18-5-4-6-19(15-18)31(28,29)26-13-2-3-14-26/h4-10,15H,2-3,11-14H2,1H3,(H,23,27). The number of aryl methyl sites for hydroxylation is 2. The fourth-order valence-electron chi connectivity index (χ4n) is 3.42. The molecule has 1 N–H and O–H groups in total. The van der Waals surface area contributed by atoms with Gasteiger partial charge in [0.1, 0.15) is 0 Å². The molecule has 1 aromatic heterocycles. The molecule has 0 unspecified atom stereocenters. The van der Waals surface area contributed by atoms with Crippen molar-refractivity contribution in [1.29, 1.82) is 0 Å². The third kappa shape index (κ3) is 5.00. The summed E-state index contributed by atoms with van der Waals surface area (Å²) in [5.74, 6) is 0.525. The highest BCUT2D eigenvalue weighted by molar-refractivity contribution is 7.89. The lowest BCUT2D eigenvalue weighted by Gasteiger charge is -2.16. The van der Waals surface area contributed by atoms with E-state index in [1.165, 1.54) is 10.4 Å². The van der Waals surface area contributed by atoms with Gasteiger partial charge in [-0.1, -0.05) is 23.8 Å². The summed E-state index contributed by atoms with van der Waals surface area (Å²) in [7, 11) is -3.53. The molecule has 0 spiro atoms. The Balaban J connectivity index is 1.36. The van der Waals surface area contributed by atoms with Gasteiger partial charge in [0.15, 0.2) is 0 Å². The van der Waals surface area contributed by atoms with Crippen molar-refractivity contribution < 1.29 is 17.6 Å². The van der Waals surface area contributed by atoms with Crippen LogP contribution in [0.2, 0.25) is 0 Å². The van der Waals surface area contributed by atoms with Crippen molar-refractivity contribution in [1.82, 2.24) is 14.5 Å². The first kappa shape index (κ1) is 21.2. The van der Waals surface area contributed by atoms with E-state index in [9.17, 15) is 13.2 Å². The number of hydrogen-bond donors (Lipinski definition) is 1. The zero-order chi connectivity index (χ0) is 21.8. The Morgan fingerprint density at radius 1 is 1.10 bits per heavy atom. The van der Waals surface area contributed by atoms with Crippen molar-refractivity contribution >= 4 is 21.6 Å². The lowest BCUT2D eigenvalue weighted by Crippen LogP contribution is -2.27. The number of carbonyl (C=O) groups is 1. The molecule has 9 heteroatoms. The number of nitrogens with zero attached hydrogens (tertiary/aromatic N) is 3. The number of amides is 1. The van der Waals surface area contributed by atoms with Gasteiger partial charge in [-0.3, -0.25) is 4.79 Å². The third-order valence-corrected chi connectivity index (χ3v) is 7.05. The van der Waals surface area contributed by atoms with Crippen LogP contribution in [0.3, 0.4) is 0 Å². The molecule has 0 radical (unpaired) electrons. The summed E-state index contributed by atoms with van der Waals surface area (Å²) in [6, 6.07) is 14.1. The molecule has 4 rings (SSSR count). The summed E-state index contributed by atoms with van der Waals surface area (Å²) in [6.07, 6.45) is 2.17. The van der Waals surface area contributed by atoms with E-state index < -0.39 is 10.0 Å². The van der Waals surface area contributed by atoms with Gasteiger partial charge in [-0.2, -0.15) is 4.31 Å². The summed E-state index contributed by atoms with van der Waals surface area (Å²) in [6.45, 7) is 3.07. The highest BCUT2D eigenvalue weighted by Crippen LogP contribution is 2.23. The number of benzene rings is 2. The van der Waals surface area contributed by atoms with Gasteiger partial charge in [0, 0.05) is 37.2 Å². The van der Waals surface area contributed by atoms with E-state index in [0.717, 1.165) is 24.0 Å². The first-order valence-electron chi connectivity index (χ1n) is 10.2. The Hall–Kier alpha value is -3.04. The van der Waals surface area contributed by atoms with Crippen LogP contribution < -0.4 is 5.32 Å². The maximum Gasteiger partial charge on any atom is 0.247 e. The molecule has 1 amide bonds. The highest BCUT2D eigenvalue weighted by Gasteiger charge is 2.27. The highest BCUT2D eigenvalue weighted by atomic mass is 32.2. The van der Waals surface area contributed by atoms with Crippen LogP contribution in [-0.2, 0) is 21.2 Å². The average Bonchev–Trinajstić information content (AvgIpc) is 3.46. The van der Waals surface area contributed by atoms with Crippen LogP contribution in [0, 0.1) is 6.92 Å². The van der Waals surface area contributed by atoms with Gasteiger partial charge in [-0.05, 0) is 50.1 Å². The van der Waals surface area contributed by atoms with E-state index >= 15 is 0 Å². The Bertz CT molecular complexity index is 1170. The normalized spacial score (nSPS) is 14.6. The lowest BCUT2D eigenvalue weighted by atomic mass is 10.1. The summed E-state index contributed by atoms with van der Waals surface area (Å²) in [5, 5.41) is 10.8. The first-order chi connectivity index (χ1) is 14.9. The maximum atomic E-state index is 12.7. The minimum Gasteiger partial charge on any atom is -0.421 e. The van der Waals surface area contributed by atoms with Gasteiger partial charge >= 0.3 is 0 Å². The Morgan fingerprint density at radius 2 is 1.84 bits per heavy atom. The number of nitrogens with one attached hydrogen (secondary N) is 1. The molecule has 1 fully saturated rings. The number of rotatable bonds is 7. The molecular weight excluding hydrogens is 416 g/mol. The lowest BCUT2D eigenvalue weighted by molar-refractivity contribution is -0.116. The van der Waals surface area contributed by atoms with Crippen molar-refractivity contribution in [2.75, 3.05) is 18.4 Å². The SMILES string of the molecule is Cc1ccc(-c2nnc(CCC(=O)Nc3cccc(S(=O)(=O)N4CCCC4)c3)o2)cc1. The number of carbonyl (C=O) groups excluding carboxylic acids is 1. The predicted molar refractivity (Wildman–Crippen MR) is 116 cm³/mol.